The summed E-state index contributed by atoms with van der Waals surface area (Å²) < 4.78 is 16.5. The summed E-state index contributed by atoms with van der Waals surface area (Å²) in [6, 6.07) is 0. The molecule has 0 aromatic carbocycles. The van der Waals surface area contributed by atoms with Gasteiger partial charge in [-0.25, -0.2) is 4.79 Å². The Kier molecular flexibility index (Phi) is 8.19. The van der Waals surface area contributed by atoms with E-state index in [4.69, 9.17) is 4.74 Å². The Labute approximate surface area is 85.1 Å². The van der Waals surface area contributed by atoms with Gasteiger partial charge in [-0.3, -0.25) is 4.39 Å². The predicted octanol–water partition coefficient (Wildman–Crippen LogP) is 3.03. The molecule has 0 aromatic heterocycles. The van der Waals surface area contributed by atoms with Crippen LogP contribution < -0.4 is 0 Å². The highest BCUT2D eigenvalue weighted by molar-refractivity contribution is 5.87. The molecule has 3 heteroatoms. The summed E-state index contributed by atoms with van der Waals surface area (Å²) in [5.74, 6) is -0.307. The molecule has 0 N–H and O–H groups in total. The normalized spacial score (nSPS) is 9.86. The smallest absolute Gasteiger partial charge is 0.333 e. The van der Waals surface area contributed by atoms with Gasteiger partial charge in [-0.2, -0.15) is 0 Å². The number of carbonyl (C=O) groups excluding carboxylic acids is 1. The average Bonchev–Trinajstić information content (AvgIpc) is 2.17. The highest BCUT2D eigenvalue weighted by Gasteiger charge is 2.06. The zero-order valence-corrected chi connectivity index (χ0v) is 8.85. The standard InChI is InChI=1S/C11H19FO2/c1-3-14-11(13)10(2)8-6-4-5-7-9-12/h2-9H2,1H3. The molecule has 0 saturated carbocycles. The largest absolute Gasteiger partial charge is 0.463 e. The van der Waals surface area contributed by atoms with Crippen LogP contribution in [0.25, 0.3) is 0 Å². The minimum Gasteiger partial charge on any atom is -0.463 e. The van der Waals surface area contributed by atoms with E-state index >= 15 is 0 Å². The molecule has 0 aliphatic heterocycles. The lowest BCUT2D eigenvalue weighted by Crippen LogP contribution is -2.06. The van der Waals surface area contributed by atoms with E-state index < -0.39 is 0 Å². The Morgan fingerprint density at radius 3 is 2.50 bits per heavy atom. The van der Waals surface area contributed by atoms with Crippen LogP contribution in [0, 0.1) is 0 Å². The maximum Gasteiger partial charge on any atom is 0.333 e. The zero-order chi connectivity index (χ0) is 10.8. The van der Waals surface area contributed by atoms with Crippen molar-refractivity contribution in [2.45, 2.75) is 39.0 Å². The summed E-state index contributed by atoms with van der Waals surface area (Å²) in [6.07, 6.45) is 3.99. The van der Waals surface area contributed by atoms with E-state index in [2.05, 4.69) is 6.58 Å². The second kappa shape index (κ2) is 8.73. The Balaban J connectivity index is 3.39. The van der Waals surface area contributed by atoms with Crippen LogP contribution in [0.5, 0.6) is 0 Å². The van der Waals surface area contributed by atoms with E-state index in [1.807, 2.05) is 0 Å². The van der Waals surface area contributed by atoms with Crippen LogP contribution in [0.3, 0.4) is 0 Å². The molecule has 0 heterocycles. The first kappa shape index (κ1) is 13.1. The van der Waals surface area contributed by atoms with E-state index in [0.29, 0.717) is 25.0 Å². The molecule has 0 atom stereocenters. The SMILES string of the molecule is C=C(CCCCCCF)C(=O)OCC. The van der Waals surface area contributed by atoms with Crippen molar-refractivity contribution in [3.8, 4) is 0 Å². The van der Waals surface area contributed by atoms with Crippen LogP contribution in [-0.2, 0) is 9.53 Å². The quantitative estimate of drug-likeness (QED) is 0.343. The number of ether oxygens (including phenoxy) is 1. The molecule has 0 unspecified atom stereocenters. The minimum absolute atomic E-state index is 0.251. The lowest BCUT2D eigenvalue weighted by atomic mass is 10.1. The van der Waals surface area contributed by atoms with Gasteiger partial charge in [0.05, 0.1) is 13.3 Å². The molecule has 0 radical (unpaired) electrons. The number of unbranched alkanes of at least 4 members (excludes halogenated alkanes) is 3. The lowest BCUT2D eigenvalue weighted by Gasteiger charge is -2.04. The highest BCUT2D eigenvalue weighted by atomic mass is 19.1. The monoisotopic (exact) mass is 202 g/mol. The average molecular weight is 202 g/mol. The van der Waals surface area contributed by atoms with Gasteiger partial charge in [-0.1, -0.05) is 19.4 Å². The number of hydrogen-bond donors (Lipinski definition) is 0. The van der Waals surface area contributed by atoms with E-state index in [-0.39, 0.29) is 12.6 Å². The Morgan fingerprint density at radius 1 is 1.29 bits per heavy atom. The van der Waals surface area contributed by atoms with Crippen molar-refractivity contribution in [1.82, 2.24) is 0 Å². The van der Waals surface area contributed by atoms with Gasteiger partial charge in [-0.15, -0.1) is 0 Å². The molecule has 14 heavy (non-hydrogen) atoms. The van der Waals surface area contributed by atoms with Gasteiger partial charge in [-0.05, 0) is 26.2 Å². The van der Waals surface area contributed by atoms with E-state index in [0.717, 1.165) is 19.3 Å². The topological polar surface area (TPSA) is 26.3 Å². The van der Waals surface area contributed by atoms with Crippen molar-refractivity contribution in [2.24, 2.45) is 0 Å². The molecule has 82 valence electrons. The van der Waals surface area contributed by atoms with Crippen molar-refractivity contribution in [1.29, 1.82) is 0 Å². The summed E-state index contributed by atoms with van der Waals surface area (Å²) in [5, 5.41) is 0. The maximum atomic E-state index is 11.7. The molecule has 0 aliphatic rings. The van der Waals surface area contributed by atoms with Gasteiger partial charge >= 0.3 is 5.97 Å². The second-order valence-corrected chi connectivity index (χ2v) is 3.18. The van der Waals surface area contributed by atoms with Crippen molar-refractivity contribution in [3.63, 3.8) is 0 Å². The molecule has 0 bridgehead atoms. The summed E-state index contributed by atoms with van der Waals surface area (Å²) in [6.45, 7) is 5.55. The fraction of sp³-hybridized carbons (Fsp3) is 0.727. The van der Waals surface area contributed by atoms with Crippen molar-refractivity contribution >= 4 is 5.97 Å². The van der Waals surface area contributed by atoms with E-state index in [1.165, 1.54) is 0 Å². The first-order chi connectivity index (χ1) is 6.72. The molecular formula is C11H19FO2. The van der Waals surface area contributed by atoms with Gasteiger partial charge in [0.2, 0.25) is 0 Å². The van der Waals surface area contributed by atoms with Crippen LogP contribution in [0.2, 0.25) is 0 Å². The highest BCUT2D eigenvalue weighted by Crippen LogP contribution is 2.10. The maximum absolute atomic E-state index is 11.7. The molecule has 0 saturated heterocycles. The van der Waals surface area contributed by atoms with Gasteiger partial charge in [0.15, 0.2) is 0 Å². The van der Waals surface area contributed by atoms with Crippen LogP contribution in [0.15, 0.2) is 12.2 Å². The van der Waals surface area contributed by atoms with E-state index in [1.54, 1.807) is 6.92 Å². The number of carbonyl (C=O) groups is 1. The molecule has 0 amide bonds. The number of hydrogen-bond acceptors (Lipinski definition) is 2. The molecular weight excluding hydrogens is 183 g/mol. The van der Waals surface area contributed by atoms with Crippen LogP contribution in [0.1, 0.15) is 39.0 Å². The predicted molar refractivity (Wildman–Crippen MR) is 54.8 cm³/mol. The van der Waals surface area contributed by atoms with Crippen molar-refractivity contribution in [3.05, 3.63) is 12.2 Å². The minimum atomic E-state index is -0.307. The van der Waals surface area contributed by atoms with Crippen molar-refractivity contribution in [2.75, 3.05) is 13.3 Å². The first-order valence-corrected chi connectivity index (χ1v) is 5.13. The molecule has 0 aromatic rings. The third kappa shape index (κ3) is 6.63. The fourth-order valence-electron chi connectivity index (χ4n) is 1.12. The number of halogens is 1. The van der Waals surface area contributed by atoms with Gasteiger partial charge < -0.3 is 4.74 Å². The molecule has 0 aliphatic carbocycles. The third-order valence-electron chi connectivity index (χ3n) is 1.93. The summed E-state index contributed by atoms with van der Waals surface area (Å²) >= 11 is 0. The van der Waals surface area contributed by atoms with Crippen molar-refractivity contribution < 1.29 is 13.9 Å². The zero-order valence-electron chi connectivity index (χ0n) is 8.85. The molecule has 0 rings (SSSR count). The lowest BCUT2D eigenvalue weighted by molar-refractivity contribution is -0.138. The third-order valence-corrected chi connectivity index (χ3v) is 1.93. The molecule has 2 nitrogen and oxygen atoms in total. The van der Waals surface area contributed by atoms with Crippen LogP contribution >= 0.6 is 0 Å². The fourth-order valence-corrected chi connectivity index (χ4v) is 1.12. The number of alkyl halides is 1. The summed E-state index contributed by atoms with van der Waals surface area (Å²) in [7, 11) is 0. The molecule has 0 spiro atoms. The van der Waals surface area contributed by atoms with Crippen LogP contribution in [-0.4, -0.2) is 19.3 Å². The summed E-state index contributed by atoms with van der Waals surface area (Å²) in [4.78, 5) is 11.1. The van der Waals surface area contributed by atoms with E-state index in [9.17, 15) is 9.18 Å². The summed E-state index contributed by atoms with van der Waals surface area (Å²) in [5.41, 5.74) is 0.520. The van der Waals surface area contributed by atoms with Gasteiger partial charge in [0.25, 0.3) is 0 Å². The second-order valence-electron chi connectivity index (χ2n) is 3.18. The van der Waals surface area contributed by atoms with Crippen LogP contribution in [0.4, 0.5) is 4.39 Å². The van der Waals surface area contributed by atoms with Gasteiger partial charge in [0.1, 0.15) is 0 Å². The first-order valence-electron chi connectivity index (χ1n) is 5.13. The number of esters is 1. The molecule has 0 fully saturated rings. The Bertz CT molecular complexity index is 178. The number of rotatable bonds is 8. The van der Waals surface area contributed by atoms with Gasteiger partial charge in [0, 0.05) is 5.57 Å². The Morgan fingerprint density at radius 2 is 1.93 bits per heavy atom. The Hall–Kier alpha value is -0.860.